The third-order valence-corrected chi connectivity index (χ3v) is 3.86. The van der Waals surface area contributed by atoms with Crippen molar-refractivity contribution in [2.24, 2.45) is 0 Å². The molecular weight excluding hydrogens is 356 g/mol. The van der Waals surface area contributed by atoms with Gasteiger partial charge in [-0.15, -0.1) is 0 Å². The van der Waals surface area contributed by atoms with Gasteiger partial charge in [0.25, 0.3) is 11.8 Å². The smallest absolute Gasteiger partial charge is 0.274 e. The number of carbonyl (C=O) groups is 2. The molecule has 0 aliphatic carbocycles. The van der Waals surface area contributed by atoms with Crippen LogP contribution in [0.25, 0.3) is 11.0 Å². The van der Waals surface area contributed by atoms with Gasteiger partial charge in [0.15, 0.2) is 5.65 Å². The Morgan fingerprint density at radius 3 is 1.61 bits per heavy atom. The molecule has 0 bridgehead atoms. The minimum Gasteiger partial charge on any atom is -0.319 e. The second kappa shape index (κ2) is 7.58. The maximum Gasteiger partial charge on any atom is 0.274 e. The van der Waals surface area contributed by atoms with Gasteiger partial charge in [-0.3, -0.25) is 19.6 Å². The Morgan fingerprint density at radius 2 is 1.18 bits per heavy atom. The number of fused-ring (bicyclic) bond motifs is 1. The van der Waals surface area contributed by atoms with E-state index in [2.05, 4.69) is 30.6 Å². The normalized spacial score (nSPS) is 10.4. The number of amides is 2. The van der Waals surface area contributed by atoms with Crippen molar-refractivity contribution >= 4 is 34.2 Å². The molecule has 0 fully saturated rings. The van der Waals surface area contributed by atoms with Gasteiger partial charge in [0.05, 0.1) is 23.8 Å². The molecule has 0 aliphatic rings. The zero-order valence-electron chi connectivity index (χ0n) is 14.5. The lowest BCUT2D eigenvalue weighted by Crippen LogP contribution is -2.15. The molecule has 0 saturated carbocycles. The lowest BCUT2D eigenvalue weighted by Gasteiger charge is -2.07. The fraction of sp³-hybridized carbons (Fsp3) is 0. The Hall–Kier alpha value is -4.20. The molecule has 0 aromatic carbocycles. The minimum absolute atomic E-state index is 0.189. The van der Waals surface area contributed by atoms with Crippen LogP contribution in [0.1, 0.15) is 21.0 Å². The van der Waals surface area contributed by atoms with E-state index < -0.39 is 0 Å². The van der Waals surface area contributed by atoms with E-state index in [1.54, 1.807) is 60.9 Å². The lowest BCUT2D eigenvalue weighted by molar-refractivity contribution is 0.101. The van der Waals surface area contributed by atoms with E-state index in [9.17, 15) is 9.59 Å². The van der Waals surface area contributed by atoms with Gasteiger partial charge < -0.3 is 10.6 Å². The molecule has 2 N–H and O–H groups in total. The second-order valence-electron chi connectivity index (χ2n) is 5.83. The number of anilines is 2. The van der Waals surface area contributed by atoms with Crippen LogP contribution < -0.4 is 10.6 Å². The van der Waals surface area contributed by atoms with Crippen molar-refractivity contribution in [3.05, 3.63) is 84.7 Å². The topological polar surface area (TPSA) is 110 Å². The molecule has 4 aromatic rings. The van der Waals surface area contributed by atoms with Gasteiger partial charge in [-0.2, -0.15) is 0 Å². The first-order valence-electron chi connectivity index (χ1n) is 8.39. The van der Waals surface area contributed by atoms with Crippen molar-refractivity contribution < 1.29 is 9.59 Å². The molecule has 8 heteroatoms. The molecule has 0 atom stereocenters. The molecule has 0 spiro atoms. The summed E-state index contributed by atoms with van der Waals surface area (Å²) in [6.45, 7) is 0. The summed E-state index contributed by atoms with van der Waals surface area (Å²) in [6.07, 6.45) is 6.31. The largest absolute Gasteiger partial charge is 0.319 e. The molecule has 28 heavy (non-hydrogen) atoms. The summed E-state index contributed by atoms with van der Waals surface area (Å²) in [4.78, 5) is 41.3. The lowest BCUT2D eigenvalue weighted by atomic mass is 10.2. The fourth-order valence-corrected chi connectivity index (χ4v) is 2.52. The predicted molar refractivity (Wildman–Crippen MR) is 104 cm³/mol. The van der Waals surface area contributed by atoms with Gasteiger partial charge in [-0.05, 0) is 48.5 Å². The van der Waals surface area contributed by atoms with Gasteiger partial charge in [-0.25, -0.2) is 9.97 Å². The maximum atomic E-state index is 12.4. The number of aromatic nitrogens is 4. The van der Waals surface area contributed by atoms with Crippen LogP contribution in [-0.4, -0.2) is 31.8 Å². The van der Waals surface area contributed by atoms with Gasteiger partial charge >= 0.3 is 0 Å². The second-order valence-corrected chi connectivity index (χ2v) is 5.83. The van der Waals surface area contributed by atoms with E-state index in [1.165, 1.54) is 12.4 Å². The summed E-state index contributed by atoms with van der Waals surface area (Å²) in [5.74, 6) is -0.774. The molecule has 0 unspecified atom stereocenters. The SMILES string of the molecule is O=C(Nc1cccnc1)c1ccc2ccc(C(=O)Nc3cccnc3)nc2n1. The van der Waals surface area contributed by atoms with Gasteiger partial charge in [0.2, 0.25) is 0 Å². The zero-order chi connectivity index (χ0) is 19.3. The Balaban J connectivity index is 1.58. The van der Waals surface area contributed by atoms with E-state index in [0.717, 1.165) is 5.39 Å². The van der Waals surface area contributed by atoms with Crippen LogP contribution in [0, 0.1) is 0 Å². The highest BCUT2D eigenvalue weighted by Gasteiger charge is 2.12. The Bertz CT molecular complexity index is 1060. The highest BCUT2D eigenvalue weighted by molar-refractivity contribution is 6.05. The predicted octanol–water partition coefficient (Wildman–Crippen LogP) is 2.92. The van der Waals surface area contributed by atoms with Gasteiger partial charge in [-0.1, -0.05) is 0 Å². The van der Waals surface area contributed by atoms with E-state index in [-0.39, 0.29) is 23.2 Å². The summed E-state index contributed by atoms with van der Waals surface area (Å²) >= 11 is 0. The van der Waals surface area contributed by atoms with E-state index in [1.807, 2.05) is 0 Å². The molecule has 0 saturated heterocycles. The van der Waals surface area contributed by atoms with E-state index in [4.69, 9.17) is 0 Å². The molecule has 8 nitrogen and oxygen atoms in total. The van der Waals surface area contributed by atoms with Crippen LogP contribution in [0.5, 0.6) is 0 Å². The quantitative estimate of drug-likeness (QED) is 0.572. The Labute approximate surface area is 159 Å². The Morgan fingerprint density at radius 1 is 0.679 bits per heavy atom. The number of nitrogens with one attached hydrogen (secondary N) is 2. The van der Waals surface area contributed by atoms with Gasteiger partial charge in [0.1, 0.15) is 11.4 Å². The summed E-state index contributed by atoms with van der Waals surface area (Å²) < 4.78 is 0. The molecule has 4 rings (SSSR count). The first-order chi connectivity index (χ1) is 13.7. The first kappa shape index (κ1) is 17.2. The average molecular weight is 370 g/mol. The highest BCUT2D eigenvalue weighted by atomic mass is 16.2. The third-order valence-electron chi connectivity index (χ3n) is 3.86. The van der Waals surface area contributed by atoms with Crippen molar-refractivity contribution in [2.45, 2.75) is 0 Å². The number of hydrogen-bond donors (Lipinski definition) is 2. The summed E-state index contributed by atoms with van der Waals surface area (Å²) in [5.41, 5.74) is 1.80. The standard InChI is InChI=1S/C20H14N6O2/c27-19(23-14-3-1-9-21-11-14)16-7-5-13-6-8-17(26-18(13)25-16)20(28)24-15-4-2-10-22-12-15/h1-12H,(H,23,27)(H,24,28). The number of nitrogens with zero attached hydrogens (tertiary/aromatic N) is 4. The monoisotopic (exact) mass is 370 g/mol. The van der Waals surface area contributed by atoms with Crippen LogP contribution in [-0.2, 0) is 0 Å². The van der Waals surface area contributed by atoms with E-state index >= 15 is 0 Å². The third kappa shape index (κ3) is 3.80. The maximum absolute atomic E-state index is 12.4. The zero-order valence-corrected chi connectivity index (χ0v) is 14.5. The fourth-order valence-electron chi connectivity index (χ4n) is 2.52. The van der Waals surface area contributed by atoms with Crippen LogP contribution in [0.3, 0.4) is 0 Å². The highest BCUT2D eigenvalue weighted by Crippen LogP contribution is 2.14. The van der Waals surface area contributed by atoms with Crippen molar-refractivity contribution in [1.29, 1.82) is 0 Å². The number of pyridine rings is 4. The molecular formula is C20H14N6O2. The first-order valence-corrected chi connectivity index (χ1v) is 8.39. The summed E-state index contributed by atoms with van der Waals surface area (Å²) in [5, 5.41) is 6.15. The average Bonchev–Trinajstić information content (AvgIpc) is 2.74. The molecule has 4 heterocycles. The molecule has 4 aromatic heterocycles. The van der Waals surface area contributed by atoms with Gasteiger partial charge in [0, 0.05) is 17.8 Å². The molecule has 136 valence electrons. The van der Waals surface area contributed by atoms with Crippen LogP contribution in [0.2, 0.25) is 0 Å². The van der Waals surface area contributed by atoms with Crippen LogP contribution in [0.4, 0.5) is 11.4 Å². The van der Waals surface area contributed by atoms with Crippen molar-refractivity contribution in [1.82, 2.24) is 19.9 Å². The Kier molecular flexibility index (Phi) is 4.67. The summed E-state index contributed by atoms with van der Waals surface area (Å²) in [6, 6.07) is 13.6. The number of hydrogen-bond acceptors (Lipinski definition) is 6. The number of rotatable bonds is 4. The van der Waals surface area contributed by atoms with Crippen LogP contribution in [0.15, 0.2) is 73.3 Å². The van der Waals surface area contributed by atoms with Crippen LogP contribution >= 0.6 is 0 Å². The number of carbonyl (C=O) groups excluding carboxylic acids is 2. The van der Waals surface area contributed by atoms with Crippen molar-refractivity contribution in [2.75, 3.05) is 10.6 Å². The molecule has 0 radical (unpaired) electrons. The van der Waals surface area contributed by atoms with Crippen molar-refractivity contribution in [3.8, 4) is 0 Å². The van der Waals surface area contributed by atoms with Crippen molar-refractivity contribution in [3.63, 3.8) is 0 Å². The molecule has 2 amide bonds. The van der Waals surface area contributed by atoms with E-state index in [0.29, 0.717) is 17.0 Å². The molecule has 0 aliphatic heterocycles. The minimum atomic E-state index is -0.387. The summed E-state index contributed by atoms with van der Waals surface area (Å²) in [7, 11) is 0.